The number of nitrogens with zero attached hydrogens (tertiary/aromatic N) is 3. The summed E-state index contributed by atoms with van der Waals surface area (Å²) in [6, 6.07) is 53.1. The molecule has 11 rings (SSSR count). The van der Waals surface area contributed by atoms with Gasteiger partial charge in [0, 0.05) is 53.0 Å². The SMILES string of the molecule is c1ccc(-c2nc(-c3ccc4c(ccc5c4c4ccccc4c4sc6ccccc6c54)c3)nc(-c3cccc4oc5ccccc5c34)n2)cc1. The van der Waals surface area contributed by atoms with Crippen molar-refractivity contribution in [3.8, 4) is 34.2 Å². The molecule has 0 aliphatic heterocycles. The summed E-state index contributed by atoms with van der Waals surface area (Å²) >= 11 is 1.88. The Morgan fingerprint density at radius 3 is 1.96 bits per heavy atom. The van der Waals surface area contributed by atoms with Gasteiger partial charge in [-0.05, 0) is 51.2 Å². The molecule has 0 spiro atoms. The molecule has 0 fully saturated rings. The summed E-state index contributed by atoms with van der Waals surface area (Å²) in [5, 5.41) is 12.2. The highest BCUT2D eigenvalue weighted by Crippen LogP contribution is 2.46. The lowest BCUT2D eigenvalue weighted by Crippen LogP contribution is -2.00. The Kier molecular flexibility index (Phi) is 5.80. The number of thiophene rings is 1. The van der Waals surface area contributed by atoms with Crippen molar-refractivity contribution in [3.05, 3.63) is 152 Å². The van der Waals surface area contributed by atoms with Crippen molar-refractivity contribution in [2.24, 2.45) is 0 Å². The van der Waals surface area contributed by atoms with Gasteiger partial charge in [0.05, 0.1) is 0 Å². The van der Waals surface area contributed by atoms with E-state index < -0.39 is 0 Å². The second-order valence-corrected chi connectivity index (χ2v) is 13.8. The first-order chi connectivity index (χ1) is 24.8. The zero-order valence-corrected chi connectivity index (χ0v) is 27.4. The van der Waals surface area contributed by atoms with Gasteiger partial charge in [-0.25, -0.2) is 15.0 Å². The molecular weight excluding hydrogens is 631 g/mol. The van der Waals surface area contributed by atoms with Crippen LogP contribution in [0.25, 0.3) is 109 Å². The number of hydrogen-bond acceptors (Lipinski definition) is 5. The molecule has 0 aliphatic carbocycles. The number of hydrogen-bond donors (Lipinski definition) is 0. The van der Waals surface area contributed by atoms with Crippen LogP contribution in [0.15, 0.2) is 156 Å². The van der Waals surface area contributed by atoms with Crippen molar-refractivity contribution < 1.29 is 4.42 Å². The molecule has 0 aliphatic rings. The minimum Gasteiger partial charge on any atom is -0.456 e. The third kappa shape index (κ3) is 4.01. The molecule has 50 heavy (non-hydrogen) atoms. The Labute approximate surface area is 289 Å². The van der Waals surface area contributed by atoms with E-state index in [2.05, 4.69) is 91.0 Å². The van der Waals surface area contributed by atoms with Crippen LogP contribution < -0.4 is 0 Å². The van der Waals surface area contributed by atoms with Gasteiger partial charge < -0.3 is 4.42 Å². The molecule has 232 valence electrons. The van der Waals surface area contributed by atoms with E-state index in [-0.39, 0.29) is 0 Å². The van der Waals surface area contributed by atoms with Crippen molar-refractivity contribution in [3.63, 3.8) is 0 Å². The number of para-hydroxylation sites is 1. The van der Waals surface area contributed by atoms with Crippen molar-refractivity contribution >= 4 is 85.8 Å². The fourth-order valence-electron chi connectivity index (χ4n) is 7.67. The number of benzene rings is 8. The van der Waals surface area contributed by atoms with Crippen LogP contribution in [-0.2, 0) is 0 Å². The summed E-state index contributed by atoms with van der Waals surface area (Å²) < 4.78 is 8.89. The van der Waals surface area contributed by atoms with Gasteiger partial charge in [0.2, 0.25) is 0 Å². The molecule has 3 heterocycles. The predicted molar refractivity (Wildman–Crippen MR) is 209 cm³/mol. The number of fused-ring (bicyclic) bond motifs is 13. The summed E-state index contributed by atoms with van der Waals surface area (Å²) in [4.78, 5) is 15.3. The topological polar surface area (TPSA) is 51.8 Å². The van der Waals surface area contributed by atoms with E-state index in [1.807, 2.05) is 72.0 Å². The Morgan fingerprint density at radius 1 is 0.400 bits per heavy atom. The second-order valence-electron chi connectivity index (χ2n) is 12.7. The summed E-state index contributed by atoms with van der Waals surface area (Å²) in [6.45, 7) is 0. The van der Waals surface area contributed by atoms with E-state index in [1.54, 1.807) is 0 Å². The second kappa shape index (κ2) is 10.5. The predicted octanol–water partition coefficient (Wildman–Crippen LogP) is 12.6. The van der Waals surface area contributed by atoms with Crippen LogP contribution in [-0.4, -0.2) is 15.0 Å². The highest BCUT2D eigenvalue weighted by molar-refractivity contribution is 7.27. The standard InChI is InChI=1S/C45H25N3OS/c1-2-11-26(12-3-1)43-46-44(48-45(47-43)35-17-10-19-37-40(35)32-15-6-8-18-36(32)49-37)28-22-23-29-27(25-28)21-24-34-39(29)30-13-4-5-14-31(30)42-41(34)33-16-7-9-20-38(33)50-42/h1-25H. The first-order valence-electron chi connectivity index (χ1n) is 16.7. The van der Waals surface area contributed by atoms with E-state index >= 15 is 0 Å². The summed E-state index contributed by atoms with van der Waals surface area (Å²) in [6.07, 6.45) is 0. The normalized spacial score (nSPS) is 12.0. The molecule has 8 aromatic carbocycles. The van der Waals surface area contributed by atoms with Gasteiger partial charge in [0.25, 0.3) is 0 Å². The molecular formula is C45H25N3OS. The quantitative estimate of drug-likeness (QED) is 0.178. The fraction of sp³-hybridized carbons (Fsp3) is 0. The van der Waals surface area contributed by atoms with Crippen molar-refractivity contribution in [1.82, 2.24) is 15.0 Å². The third-order valence-electron chi connectivity index (χ3n) is 9.89. The van der Waals surface area contributed by atoms with Crippen molar-refractivity contribution in [2.45, 2.75) is 0 Å². The smallest absolute Gasteiger partial charge is 0.164 e. The van der Waals surface area contributed by atoms with Gasteiger partial charge in [-0.1, -0.05) is 127 Å². The van der Waals surface area contributed by atoms with Gasteiger partial charge in [-0.15, -0.1) is 11.3 Å². The largest absolute Gasteiger partial charge is 0.456 e. The minimum atomic E-state index is 0.613. The first kappa shape index (κ1) is 27.5. The highest BCUT2D eigenvalue weighted by atomic mass is 32.1. The van der Waals surface area contributed by atoms with Crippen LogP contribution in [0.1, 0.15) is 0 Å². The van der Waals surface area contributed by atoms with Crippen LogP contribution in [0, 0.1) is 0 Å². The lowest BCUT2D eigenvalue weighted by atomic mass is 9.92. The Balaban J connectivity index is 1.17. The maximum Gasteiger partial charge on any atom is 0.164 e. The number of rotatable bonds is 3. The number of aromatic nitrogens is 3. The average molecular weight is 656 g/mol. The average Bonchev–Trinajstić information content (AvgIpc) is 3.77. The Morgan fingerprint density at radius 2 is 1.08 bits per heavy atom. The van der Waals surface area contributed by atoms with Crippen LogP contribution in [0.3, 0.4) is 0 Å². The zero-order chi connectivity index (χ0) is 32.8. The zero-order valence-electron chi connectivity index (χ0n) is 26.6. The molecule has 0 N–H and O–H groups in total. The molecule has 0 atom stereocenters. The van der Waals surface area contributed by atoms with E-state index in [0.717, 1.165) is 44.0 Å². The molecule has 0 bridgehead atoms. The van der Waals surface area contributed by atoms with Crippen molar-refractivity contribution in [1.29, 1.82) is 0 Å². The molecule has 5 heteroatoms. The van der Waals surface area contributed by atoms with Crippen LogP contribution in [0.5, 0.6) is 0 Å². The maximum absolute atomic E-state index is 6.23. The monoisotopic (exact) mass is 655 g/mol. The Hall–Kier alpha value is -6.43. The van der Waals surface area contributed by atoms with Crippen LogP contribution in [0.2, 0.25) is 0 Å². The van der Waals surface area contributed by atoms with E-state index in [4.69, 9.17) is 19.4 Å². The van der Waals surface area contributed by atoms with Gasteiger partial charge in [0.15, 0.2) is 17.5 Å². The van der Waals surface area contributed by atoms with E-state index in [9.17, 15) is 0 Å². The highest BCUT2D eigenvalue weighted by Gasteiger charge is 2.19. The summed E-state index contributed by atoms with van der Waals surface area (Å²) in [7, 11) is 0. The van der Waals surface area contributed by atoms with Crippen LogP contribution >= 0.6 is 11.3 Å². The van der Waals surface area contributed by atoms with E-state index in [1.165, 1.54) is 47.1 Å². The van der Waals surface area contributed by atoms with Gasteiger partial charge in [-0.3, -0.25) is 0 Å². The Bertz CT molecular complexity index is 3160. The minimum absolute atomic E-state index is 0.613. The summed E-state index contributed by atoms with van der Waals surface area (Å²) in [5.41, 5.74) is 4.44. The molecule has 0 saturated carbocycles. The maximum atomic E-state index is 6.23. The lowest BCUT2D eigenvalue weighted by molar-refractivity contribution is 0.669. The molecule has 4 nitrogen and oxygen atoms in total. The summed E-state index contributed by atoms with van der Waals surface area (Å²) in [5.74, 6) is 1.87. The number of furan rings is 1. The van der Waals surface area contributed by atoms with Gasteiger partial charge >= 0.3 is 0 Å². The molecule has 0 amide bonds. The van der Waals surface area contributed by atoms with Gasteiger partial charge in [0.1, 0.15) is 11.2 Å². The lowest BCUT2D eigenvalue weighted by Gasteiger charge is -2.12. The fourth-order valence-corrected chi connectivity index (χ4v) is 8.93. The molecule has 11 aromatic rings. The first-order valence-corrected chi connectivity index (χ1v) is 17.5. The van der Waals surface area contributed by atoms with Crippen molar-refractivity contribution in [2.75, 3.05) is 0 Å². The van der Waals surface area contributed by atoms with Crippen LogP contribution in [0.4, 0.5) is 0 Å². The van der Waals surface area contributed by atoms with Gasteiger partial charge in [-0.2, -0.15) is 0 Å². The third-order valence-corrected chi connectivity index (χ3v) is 11.1. The van der Waals surface area contributed by atoms with E-state index in [0.29, 0.717) is 17.5 Å². The molecule has 0 unspecified atom stereocenters. The molecule has 0 radical (unpaired) electrons. The molecule has 3 aromatic heterocycles. The molecule has 0 saturated heterocycles.